The van der Waals surface area contributed by atoms with Crippen LogP contribution in [0.25, 0.3) is 10.9 Å². The maximum absolute atomic E-state index is 11.1. The Morgan fingerprint density at radius 1 is 1.00 bits per heavy atom. The third kappa shape index (κ3) is 2.81. The van der Waals surface area contributed by atoms with Gasteiger partial charge in [-0.25, -0.2) is 0 Å². The summed E-state index contributed by atoms with van der Waals surface area (Å²) in [6.45, 7) is 2.02. The quantitative estimate of drug-likeness (QED) is 0.779. The molecular formula is C19H19NO. The molecule has 2 nitrogen and oxygen atoms in total. The molecule has 21 heavy (non-hydrogen) atoms. The molecule has 2 heteroatoms. The lowest BCUT2D eigenvalue weighted by molar-refractivity contribution is 0.0328. The van der Waals surface area contributed by atoms with Crippen LogP contribution in [0.4, 0.5) is 0 Å². The number of pyridine rings is 1. The molecule has 3 aromatic rings. The summed E-state index contributed by atoms with van der Waals surface area (Å²) < 4.78 is 0. The van der Waals surface area contributed by atoms with E-state index in [1.165, 1.54) is 0 Å². The number of hydrogen-bond donors (Lipinski definition) is 1. The summed E-state index contributed by atoms with van der Waals surface area (Å²) in [4.78, 5) is 4.33. The predicted octanol–water partition coefficient (Wildman–Crippen LogP) is 4.08. The fourth-order valence-corrected chi connectivity index (χ4v) is 2.73. The molecule has 1 aromatic heterocycles. The Labute approximate surface area is 125 Å². The van der Waals surface area contributed by atoms with E-state index < -0.39 is 5.60 Å². The Morgan fingerprint density at radius 3 is 2.57 bits per heavy atom. The Balaban J connectivity index is 2.00. The van der Waals surface area contributed by atoms with E-state index in [-0.39, 0.29) is 0 Å². The SMILES string of the molecule is CCC(O)(Cc1ccccc1)c1ccc2ncccc2c1. The van der Waals surface area contributed by atoms with Crippen molar-refractivity contribution >= 4 is 10.9 Å². The lowest BCUT2D eigenvalue weighted by Gasteiger charge is -2.28. The van der Waals surface area contributed by atoms with Crippen LogP contribution in [0.3, 0.4) is 0 Å². The summed E-state index contributed by atoms with van der Waals surface area (Å²) in [6, 6.07) is 20.1. The second-order valence-electron chi connectivity index (χ2n) is 5.46. The normalized spacial score (nSPS) is 14.0. The lowest BCUT2D eigenvalue weighted by Crippen LogP contribution is -2.27. The Morgan fingerprint density at radius 2 is 1.81 bits per heavy atom. The molecular weight excluding hydrogens is 258 g/mol. The van der Waals surface area contributed by atoms with Gasteiger partial charge in [0.2, 0.25) is 0 Å². The molecule has 0 fully saturated rings. The fourth-order valence-electron chi connectivity index (χ4n) is 2.73. The van der Waals surface area contributed by atoms with Crippen molar-refractivity contribution in [2.24, 2.45) is 0 Å². The molecule has 3 rings (SSSR count). The minimum absolute atomic E-state index is 0.621. The van der Waals surface area contributed by atoms with E-state index in [1.807, 2.05) is 49.4 Å². The van der Waals surface area contributed by atoms with Gasteiger partial charge in [-0.05, 0) is 35.7 Å². The van der Waals surface area contributed by atoms with Gasteiger partial charge in [-0.2, -0.15) is 0 Å². The molecule has 1 heterocycles. The largest absolute Gasteiger partial charge is 0.385 e. The number of rotatable bonds is 4. The van der Waals surface area contributed by atoms with Gasteiger partial charge in [0.15, 0.2) is 0 Å². The van der Waals surface area contributed by atoms with Crippen molar-refractivity contribution in [3.63, 3.8) is 0 Å². The highest BCUT2D eigenvalue weighted by Crippen LogP contribution is 2.31. The molecule has 0 bridgehead atoms. The van der Waals surface area contributed by atoms with Crippen LogP contribution >= 0.6 is 0 Å². The van der Waals surface area contributed by atoms with Crippen molar-refractivity contribution in [1.29, 1.82) is 0 Å². The van der Waals surface area contributed by atoms with Crippen molar-refractivity contribution in [1.82, 2.24) is 4.98 Å². The number of hydrogen-bond acceptors (Lipinski definition) is 2. The number of benzene rings is 2. The topological polar surface area (TPSA) is 33.1 Å². The number of aromatic nitrogens is 1. The molecule has 0 amide bonds. The van der Waals surface area contributed by atoms with Gasteiger partial charge in [0, 0.05) is 18.0 Å². The highest BCUT2D eigenvalue weighted by molar-refractivity contribution is 5.79. The zero-order chi connectivity index (χ0) is 14.7. The highest BCUT2D eigenvalue weighted by Gasteiger charge is 2.27. The molecule has 1 N–H and O–H groups in total. The third-order valence-corrected chi connectivity index (χ3v) is 4.06. The predicted molar refractivity (Wildman–Crippen MR) is 86.1 cm³/mol. The average molecular weight is 277 g/mol. The van der Waals surface area contributed by atoms with Gasteiger partial charge in [0.25, 0.3) is 0 Å². The monoisotopic (exact) mass is 277 g/mol. The standard InChI is InChI=1S/C19H19NO/c1-2-19(21,14-15-7-4-3-5-8-15)17-10-11-18-16(13-17)9-6-12-20-18/h3-13,21H,2,14H2,1H3. The Bertz CT molecular complexity index is 739. The maximum Gasteiger partial charge on any atom is 0.0934 e. The lowest BCUT2D eigenvalue weighted by atomic mass is 9.84. The average Bonchev–Trinajstić information content (AvgIpc) is 2.55. The molecule has 0 saturated carbocycles. The van der Waals surface area contributed by atoms with Gasteiger partial charge in [-0.3, -0.25) is 4.98 Å². The van der Waals surface area contributed by atoms with Crippen molar-refractivity contribution < 1.29 is 5.11 Å². The maximum atomic E-state index is 11.1. The molecule has 106 valence electrons. The molecule has 2 aromatic carbocycles. The van der Waals surface area contributed by atoms with Crippen LogP contribution in [0.2, 0.25) is 0 Å². The second kappa shape index (κ2) is 5.66. The van der Waals surface area contributed by atoms with Gasteiger partial charge in [-0.15, -0.1) is 0 Å². The van der Waals surface area contributed by atoms with Crippen LogP contribution in [0, 0.1) is 0 Å². The first kappa shape index (κ1) is 13.8. The van der Waals surface area contributed by atoms with Gasteiger partial charge in [-0.1, -0.05) is 49.4 Å². The third-order valence-electron chi connectivity index (χ3n) is 4.06. The van der Waals surface area contributed by atoms with Crippen LogP contribution < -0.4 is 0 Å². The van der Waals surface area contributed by atoms with E-state index in [9.17, 15) is 5.11 Å². The molecule has 0 spiro atoms. The van der Waals surface area contributed by atoms with Gasteiger partial charge < -0.3 is 5.11 Å². The van der Waals surface area contributed by atoms with E-state index >= 15 is 0 Å². The van der Waals surface area contributed by atoms with Gasteiger partial charge >= 0.3 is 0 Å². The van der Waals surface area contributed by atoms with Crippen LogP contribution in [0.1, 0.15) is 24.5 Å². The van der Waals surface area contributed by atoms with E-state index in [2.05, 4.69) is 23.2 Å². The van der Waals surface area contributed by atoms with Crippen molar-refractivity contribution in [3.8, 4) is 0 Å². The summed E-state index contributed by atoms with van der Waals surface area (Å²) >= 11 is 0. The van der Waals surface area contributed by atoms with E-state index in [4.69, 9.17) is 0 Å². The fraction of sp³-hybridized carbons (Fsp3) is 0.211. The summed E-state index contributed by atoms with van der Waals surface area (Å²) in [6.07, 6.45) is 3.09. The van der Waals surface area contributed by atoms with E-state index in [0.29, 0.717) is 12.8 Å². The molecule has 0 aliphatic carbocycles. The molecule has 1 atom stereocenters. The zero-order valence-corrected chi connectivity index (χ0v) is 12.2. The first-order valence-corrected chi connectivity index (χ1v) is 7.33. The first-order chi connectivity index (χ1) is 10.2. The molecule has 0 aliphatic rings. The van der Waals surface area contributed by atoms with Crippen molar-refractivity contribution in [2.45, 2.75) is 25.4 Å². The van der Waals surface area contributed by atoms with Crippen LogP contribution in [-0.2, 0) is 12.0 Å². The smallest absolute Gasteiger partial charge is 0.0934 e. The molecule has 0 saturated heterocycles. The summed E-state index contributed by atoms with van der Waals surface area (Å²) in [5, 5.41) is 12.1. The Hall–Kier alpha value is -2.19. The van der Waals surface area contributed by atoms with Gasteiger partial charge in [0.1, 0.15) is 0 Å². The zero-order valence-electron chi connectivity index (χ0n) is 12.2. The molecule has 0 radical (unpaired) electrons. The number of fused-ring (bicyclic) bond motifs is 1. The summed E-state index contributed by atoms with van der Waals surface area (Å²) in [7, 11) is 0. The Kier molecular flexibility index (Phi) is 3.72. The first-order valence-electron chi connectivity index (χ1n) is 7.33. The highest BCUT2D eigenvalue weighted by atomic mass is 16.3. The number of nitrogens with zero attached hydrogens (tertiary/aromatic N) is 1. The molecule has 0 aliphatic heterocycles. The van der Waals surface area contributed by atoms with Crippen molar-refractivity contribution in [3.05, 3.63) is 78.0 Å². The minimum atomic E-state index is -0.842. The summed E-state index contributed by atoms with van der Waals surface area (Å²) in [5.41, 5.74) is 2.22. The molecule has 1 unspecified atom stereocenters. The van der Waals surface area contributed by atoms with Crippen LogP contribution in [-0.4, -0.2) is 10.1 Å². The second-order valence-corrected chi connectivity index (χ2v) is 5.46. The number of aliphatic hydroxyl groups is 1. The minimum Gasteiger partial charge on any atom is -0.385 e. The summed E-state index contributed by atoms with van der Waals surface area (Å²) in [5.74, 6) is 0. The van der Waals surface area contributed by atoms with Gasteiger partial charge in [0.05, 0.1) is 11.1 Å². The van der Waals surface area contributed by atoms with E-state index in [0.717, 1.165) is 22.0 Å². The van der Waals surface area contributed by atoms with Crippen molar-refractivity contribution in [2.75, 3.05) is 0 Å². The van der Waals surface area contributed by atoms with E-state index in [1.54, 1.807) is 6.20 Å². The van der Waals surface area contributed by atoms with Crippen LogP contribution in [0.15, 0.2) is 66.9 Å². The van der Waals surface area contributed by atoms with Crippen LogP contribution in [0.5, 0.6) is 0 Å².